The summed E-state index contributed by atoms with van der Waals surface area (Å²) in [5.74, 6) is -0.345. The van der Waals surface area contributed by atoms with E-state index in [1.54, 1.807) is 12.1 Å². The summed E-state index contributed by atoms with van der Waals surface area (Å²) in [6, 6.07) is 5.69. The van der Waals surface area contributed by atoms with Crippen LogP contribution in [-0.4, -0.2) is 28.6 Å². The highest BCUT2D eigenvalue weighted by Gasteiger charge is 2.19. The Labute approximate surface area is 105 Å². The second kappa shape index (κ2) is 6.11. The van der Waals surface area contributed by atoms with Gasteiger partial charge in [0.05, 0.1) is 17.6 Å². The molecule has 0 heterocycles. The van der Waals surface area contributed by atoms with Gasteiger partial charge in [0.15, 0.2) is 0 Å². The van der Waals surface area contributed by atoms with E-state index in [-0.39, 0.29) is 24.1 Å². The number of amides is 1. The first-order chi connectivity index (χ1) is 8.45. The molecule has 1 aromatic rings. The number of aliphatic hydroxyl groups is 1. The Bertz CT molecular complexity index is 430. The lowest BCUT2D eigenvalue weighted by molar-refractivity contribution is -0.384. The largest absolute Gasteiger partial charge is 0.394 e. The van der Waals surface area contributed by atoms with Crippen LogP contribution in [0.15, 0.2) is 24.3 Å². The van der Waals surface area contributed by atoms with E-state index < -0.39 is 11.0 Å². The second-order valence-corrected chi connectivity index (χ2v) is 4.13. The van der Waals surface area contributed by atoms with Gasteiger partial charge in [0.2, 0.25) is 5.91 Å². The van der Waals surface area contributed by atoms with Gasteiger partial charge < -0.3 is 10.4 Å². The van der Waals surface area contributed by atoms with Gasteiger partial charge in [-0.1, -0.05) is 19.1 Å². The van der Waals surface area contributed by atoms with Crippen molar-refractivity contribution in [2.75, 3.05) is 6.61 Å². The number of carbonyl (C=O) groups excluding carboxylic acids is 1. The zero-order valence-corrected chi connectivity index (χ0v) is 10.3. The van der Waals surface area contributed by atoms with E-state index in [1.807, 2.05) is 6.92 Å². The van der Waals surface area contributed by atoms with Crippen LogP contribution < -0.4 is 5.32 Å². The van der Waals surface area contributed by atoms with Crippen LogP contribution in [0.5, 0.6) is 0 Å². The fourth-order valence-corrected chi connectivity index (χ4v) is 1.72. The van der Waals surface area contributed by atoms with Gasteiger partial charge in [-0.3, -0.25) is 14.9 Å². The number of rotatable bonds is 5. The van der Waals surface area contributed by atoms with E-state index in [1.165, 1.54) is 19.1 Å². The molecule has 0 saturated carbocycles. The lowest BCUT2D eigenvalue weighted by Crippen LogP contribution is -2.39. The molecule has 0 radical (unpaired) electrons. The molecule has 0 aromatic heterocycles. The molecular weight excluding hydrogens is 236 g/mol. The van der Waals surface area contributed by atoms with Crippen LogP contribution in [0.25, 0.3) is 0 Å². The number of aliphatic hydroxyl groups excluding tert-OH is 1. The molecule has 0 unspecified atom stereocenters. The summed E-state index contributed by atoms with van der Waals surface area (Å²) in [4.78, 5) is 21.0. The van der Waals surface area contributed by atoms with Crippen LogP contribution in [-0.2, 0) is 4.79 Å². The predicted octanol–water partition coefficient (Wildman–Crippen LogP) is 1.20. The Morgan fingerprint density at radius 1 is 1.44 bits per heavy atom. The maximum absolute atomic E-state index is 11.0. The first-order valence-corrected chi connectivity index (χ1v) is 5.58. The quantitative estimate of drug-likeness (QED) is 0.608. The number of nitrogens with zero attached hydrogens (tertiary/aromatic N) is 1. The number of nitrogens with one attached hydrogen (secondary N) is 1. The topological polar surface area (TPSA) is 92.5 Å². The van der Waals surface area contributed by atoms with Crippen molar-refractivity contribution in [2.45, 2.75) is 25.8 Å². The molecule has 6 heteroatoms. The van der Waals surface area contributed by atoms with Crippen LogP contribution in [0.2, 0.25) is 0 Å². The van der Waals surface area contributed by atoms with Crippen molar-refractivity contribution in [3.05, 3.63) is 39.9 Å². The Morgan fingerprint density at radius 2 is 2.00 bits per heavy atom. The third-order valence-corrected chi connectivity index (χ3v) is 2.82. The molecule has 0 bridgehead atoms. The van der Waals surface area contributed by atoms with Crippen molar-refractivity contribution in [3.8, 4) is 0 Å². The summed E-state index contributed by atoms with van der Waals surface area (Å²) < 4.78 is 0. The van der Waals surface area contributed by atoms with Gasteiger partial charge in [0, 0.05) is 25.0 Å². The molecule has 0 aliphatic carbocycles. The van der Waals surface area contributed by atoms with Crippen molar-refractivity contribution in [2.24, 2.45) is 0 Å². The fourth-order valence-electron chi connectivity index (χ4n) is 1.72. The van der Waals surface area contributed by atoms with Gasteiger partial charge in [-0.15, -0.1) is 0 Å². The third-order valence-electron chi connectivity index (χ3n) is 2.82. The average molecular weight is 252 g/mol. The van der Waals surface area contributed by atoms with Crippen molar-refractivity contribution in [3.63, 3.8) is 0 Å². The summed E-state index contributed by atoms with van der Waals surface area (Å²) in [7, 11) is 0. The number of hydrogen-bond donors (Lipinski definition) is 2. The Kier molecular flexibility index (Phi) is 4.79. The molecule has 1 rings (SSSR count). The number of benzene rings is 1. The van der Waals surface area contributed by atoms with E-state index in [9.17, 15) is 20.0 Å². The molecule has 18 heavy (non-hydrogen) atoms. The number of non-ortho nitro benzene ring substituents is 1. The molecular formula is C12H16N2O4. The molecule has 2 atom stereocenters. The standard InChI is InChI=1S/C12H16N2O4/c1-8(12(7-15)13-9(2)16)10-3-5-11(6-4-10)14(17)18/h3-6,8,12,15H,7H2,1-2H3,(H,13,16)/t8-,12-/m1/s1. The summed E-state index contributed by atoms with van der Waals surface area (Å²) in [6.45, 7) is 3.04. The van der Waals surface area contributed by atoms with Gasteiger partial charge >= 0.3 is 0 Å². The molecule has 0 saturated heterocycles. The summed E-state index contributed by atoms with van der Waals surface area (Å²) in [5.41, 5.74) is 0.847. The molecule has 1 aromatic carbocycles. The maximum atomic E-state index is 11.0. The highest BCUT2D eigenvalue weighted by molar-refractivity contribution is 5.73. The maximum Gasteiger partial charge on any atom is 0.269 e. The normalized spacial score (nSPS) is 13.7. The zero-order chi connectivity index (χ0) is 13.7. The van der Waals surface area contributed by atoms with Crippen molar-refractivity contribution in [1.82, 2.24) is 5.32 Å². The SMILES string of the molecule is CC(=O)N[C@H](CO)[C@H](C)c1ccc([N+](=O)[O-])cc1. The van der Waals surface area contributed by atoms with E-state index in [0.717, 1.165) is 5.56 Å². The Hall–Kier alpha value is -1.95. The molecule has 0 fully saturated rings. The molecule has 98 valence electrons. The molecule has 6 nitrogen and oxygen atoms in total. The van der Waals surface area contributed by atoms with Crippen LogP contribution in [0.3, 0.4) is 0 Å². The van der Waals surface area contributed by atoms with Crippen LogP contribution >= 0.6 is 0 Å². The van der Waals surface area contributed by atoms with Gasteiger partial charge in [-0.25, -0.2) is 0 Å². The van der Waals surface area contributed by atoms with Crippen LogP contribution in [0.4, 0.5) is 5.69 Å². The summed E-state index contributed by atoms with van der Waals surface area (Å²) in [5, 5.41) is 22.4. The first kappa shape index (κ1) is 14.1. The smallest absolute Gasteiger partial charge is 0.269 e. The number of hydrogen-bond acceptors (Lipinski definition) is 4. The van der Waals surface area contributed by atoms with Gasteiger partial charge in [-0.2, -0.15) is 0 Å². The number of nitro benzene ring substituents is 1. The van der Waals surface area contributed by atoms with Crippen LogP contribution in [0, 0.1) is 10.1 Å². The Morgan fingerprint density at radius 3 is 2.39 bits per heavy atom. The summed E-state index contributed by atoms with van der Waals surface area (Å²) >= 11 is 0. The van der Waals surface area contributed by atoms with E-state index in [0.29, 0.717) is 0 Å². The highest BCUT2D eigenvalue weighted by Crippen LogP contribution is 2.22. The van der Waals surface area contributed by atoms with Gasteiger partial charge in [0.25, 0.3) is 5.69 Å². The number of nitro groups is 1. The predicted molar refractivity (Wildman–Crippen MR) is 66.2 cm³/mol. The molecule has 0 aliphatic heterocycles. The summed E-state index contributed by atoms with van der Waals surface area (Å²) in [6.07, 6.45) is 0. The fraction of sp³-hybridized carbons (Fsp3) is 0.417. The van der Waals surface area contributed by atoms with E-state index >= 15 is 0 Å². The Balaban J connectivity index is 2.84. The lowest BCUT2D eigenvalue weighted by atomic mass is 9.93. The van der Waals surface area contributed by atoms with Crippen molar-refractivity contribution < 1.29 is 14.8 Å². The van der Waals surface area contributed by atoms with E-state index in [4.69, 9.17) is 0 Å². The van der Waals surface area contributed by atoms with Gasteiger partial charge in [0.1, 0.15) is 0 Å². The highest BCUT2D eigenvalue weighted by atomic mass is 16.6. The first-order valence-electron chi connectivity index (χ1n) is 5.58. The second-order valence-electron chi connectivity index (χ2n) is 4.13. The minimum absolute atomic E-state index is 0.0195. The van der Waals surface area contributed by atoms with Crippen molar-refractivity contribution in [1.29, 1.82) is 0 Å². The minimum atomic E-state index is -0.466. The molecule has 1 amide bonds. The minimum Gasteiger partial charge on any atom is -0.394 e. The van der Waals surface area contributed by atoms with Gasteiger partial charge in [-0.05, 0) is 5.56 Å². The third kappa shape index (κ3) is 3.53. The molecule has 2 N–H and O–H groups in total. The lowest BCUT2D eigenvalue weighted by Gasteiger charge is -2.22. The van der Waals surface area contributed by atoms with Crippen LogP contribution in [0.1, 0.15) is 25.3 Å². The molecule has 0 aliphatic rings. The average Bonchev–Trinajstić information content (AvgIpc) is 2.35. The van der Waals surface area contributed by atoms with Crippen molar-refractivity contribution >= 4 is 11.6 Å². The zero-order valence-electron chi connectivity index (χ0n) is 10.3. The van der Waals surface area contributed by atoms with E-state index in [2.05, 4.69) is 5.32 Å². The molecule has 0 spiro atoms. The monoisotopic (exact) mass is 252 g/mol. The number of carbonyl (C=O) groups is 1.